The first-order valence-corrected chi connectivity index (χ1v) is 8.63. The maximum absolute atomic E-state index is 4.79. The highest BCUT2D eigenvalue weighted by atomic mass is 32.2. The molecule has 1 saturated carbocycles. The molecular formula is C15H24N4S. The van der Waals surface area contributed by atoms with E-state index in [0.29, 0.717) is 5.41 Å². The highest BCUT2D eigenvalue weighted by Crippen LogP contribution is 2.41. The van der Waals surface area contributed by atoms with E-state index in [9.17, 15) is 0 Å². The van der Waals surface area contributed by atoms with Crippen LogP contribution in [0, 0.1) is 5.41 Å². The van der Waals surface area contributed by atoms with E-state index in [-0.39, 0.29) is 0 Å². The Morgan fingerprint density at radius 3 is 2.85 bits per heavy atom. The van der Waals surface area contributed by atoms with Crippen LogP contribution in [0.2, 0.25) is 0 Å². The van der Waals surface area contributed by atoms with Gasteiger partial charge in [0, 0.05) is 32.1 Å². The molecule has 110 valence electrons. The second-order valence-electron chi connectivity index (χ2n) is 6.17. The average molecular weight is 292 g/mol. The Kier molecular flexibility index (Phi) is 4.34. The Morgan fingerprint density at radius 2 is 2.20 bits per heavy atom. The molecule has 0 amide bonds. The number of nitrogens with zero attached hydrogens (tertiary/aromatic N) is 3. The molecule has 1 aliphatic heterocycles. The molecule has 0 radical (unpaired) electrons. The van der Waals surface area contributed by atoms with Crippen LogP contribution >= 0.6 is 11.8 Å². The summed E-state index contributed by atoms with van der Waals surface area (Å²) in [7, 11) is 1.96. The first kappa shape index (κ1) is 14.0. The quantitative estimate of drug-likeness (QED) is 0.931. The number of aliphatic imine (C=N–C) groups is 1. The van der Waals surface area contributed by atoms with E-state index >= 15 is 0 Å². The predicted octanol–water partition coefficient (Wildman–Crippen LogP) is 2.61. The molecule has 1 aliphatic carbocycles. The number of rotatable bonds is 3. The van der Waals surface area contributed by atoms with Gasteiger partial charge in [-0.05, 0) is 30.2 Å². The van der Waals surface area contributed by atoms with Crippen molar-refractivity contribution >= 4 is 16.9 Å². The minimum atomic E-state index is 0.525. The van der Waals surface area contributed by atoms with Crippen LogP contribution in [0.5, 0.6) is 0 Å². The molecule has 0 atom stereocenters. The molecule has 2 heterocycles. The minimum absolute atomic E-state index is 0.525. The zero-order valence-corrected chi connectivity index (χ0v) is 13.1. The summed E-state index contributed by atoms with van der Waals surface area (Å²) in [6.07, 6.45) is 12.0. The van der Waals surface area contributed by atoms with Gasteiger partial charge in [-0.3, -0.25) is 9.67 Å². The zero-order valence-electron chi connectivity index (χ0n) is 12.3. The third-order valence-electron chi connectivity index (χ3n) is 4.44. The molecule has 1 fully saturated rings. The van der Waals surface area contributed by atoms with Crippen LogP contribution in [0.4, 0.5) is 0 Å². The van der Waals surface area contributed by atoms with Gasteiger partial charge in [-0.25, -0.2) is 0 Å². The van der Waals surface area contributed by atoms with Crippen LogP contribution in [0.15, 0.2) is 17.4 Å². The number of hydrogen-bond acceptors (Lipinski definition) is 4. The van der Waals surface area contributed by atoms with Crippen LogP contribution in [0.1, 0.15) is 37.7 Å². The molecule has 0 aromatic carbocycles. The highest BCUT2D eigenvalue weighted by Gasteiger charge is 2.34. The topological polar surface area (TPSA) is 42.2 Å². The lowest BCUT2D eigenvalue weighted by Crippen LogP contribution is -2.37. The van der Waals surface area contributed by atoms with E-state index in [1.54, 1.807) is 0 Å². The molecule has 0 unspecified atom stereocenters. The van der Waals surface area contributed by atoms with Crippen LogP contribution in [0.25, 0.3) is 0 Å². The van der Waals surface area contributed by atoms with E-state index < -0.39 is 0 Å². The molecule has 20 heavy (non-hydrogen) atoms. The van der Waals surface area contributed by atoms with Crippen molar-refractivity contribution < 1.29 is 0 Å². The molecule has 0 saturated heterocycles. The number of hydrogen-bond donors (Lipinski definition) is 1. The summed E-state index contributed by atoms with van der Waals surface area (Å²) in [5.41, 5.74) is 1.81. The minimum Gasteiger partial charge on any atom is -0.365 e. The molecular weight excluding hydrogens is 268 g/mol. The maximum atomic E-state index is 4.79. The third-order valence-corrected chi connectivity index (χ3v) is 5.74. The molecule has 3 rings (SSSR count). The molecule has 5 heteroatoms. The SMILES string of the molecule is Cn1cc(CCNC2=NCC3(CCCCC3)CS2)cn1. The Balaban J connectivity index is 1.45. The summed E-state index contributed by atoms with van der Waals surface area (Å²) in [5.74, 6) is 1.26. The first-order valence-electron chi connectivity index (χ1n) is 7.64. The summed E-state index contributed by atoms with van der Waals surface area (Å²) in [6.45, 7) is 1.99. The van der Waals surface area contributed by atoms with Crippen molar-refractivity contribution in [2.45, 2.75) is 38.5 Å². The fraction of sp³-hybridized carbons (Fsp3) is 0.733. The summed E-state index contributed by atoms with van der Waals surface area (Å²) < 4.78 is 1.86. The fourth-order valence-corrected chi connectivity index (χ4v) is 4.36. The average Bonchev–Trinajstić information content (AvgIpc) is 2.88. The summed E-state index contributed by atoms with van der Waals surface area (Å²) >= 11 is 1.93. The predicted molar refractivity (Wildman–Crippen MR) is 85.2 cm³/mol. The van der Waals surface area contributed by atoms with Crippen molar-refractivity contribution in [1.82, 2.24) is 15.1 Å². The monoisotopic (exact) mass is 292 g/mol. The van der Waals surface area contributed by atoms with Gasteiger partial charge < -0.3 is 5.32 Å². The Bertz CT molecular complexity index is 474. The van der Waals surface area contributed by atoms with E-state index in [1.807, 2.05) is 29.7 Å². The highest BCUT2D eigenvalue weighted by molar-refractivity contribution is 8.13. The maximum Gasteiger partial charge on any atom is 0.156 e. The van der Waals surface area contributed by atoms with Gasteiger partial charge in [-0.2, -0.15) is 5.10 Å². The molecule has 1 N–H and O–H groups in total. The van der Waals surface area contributed by atoms with E-state index in [4.69, 9.17) is 4.99 Å². The van der Waals surface area contributed by atoms with Gasteiger partial charge in [0.2, 0.25) is 0 Å². The zero-order chi connectivity index (χ0) is 13.8. The Morgan fingerprint density at radius 1 is 1.35 bits per heavy atom. The van der Waals surface area contributed by atoms with Crippen molar-refractivity contribution in [3.8, 4) is 0 Å². The molecule has 2 aliphatic rings. The van der Waals surface area contributed by atoms with Crippen molar-refractivity contribution in [3.05, 3.63) is 18.0 Å². The van der Waals surface area contributed by atoms with E-state index in [2.05, 4.69) is 16.6 Å². The first-order chi connectivity index (χ1) is 9.76. The van der Waals surface area contributed by atoms with E-state index in [0.717, 1.165) is 24.7 Å². The van der Waals surface area contributed by atoms with Crippen molar-refractivity contribution in [3.63, 3.8) is 0 Å². The van der Waals surface area contributed by atoms with Gasteiger partial charge in [0.05, 0.1) is 6.20 Å². The number of aromatic nitrogens is 2. The molecule has 4 nitrogen and oxygen atoms in total. The van der Waals surface area contributed by atoms with Gasteiger partial charge in [-0.1, -0.05) is 31.0 Å². The van der Waals surface area contributed by atoms with Crippen LogP contribution in [-0.4, -0.2) is 33.8 Å². The van der Waals surface area contributed by atoms with Gasteiger partial charge >= 0.3 is 0 Å². The summed E-state index contributed by atoms with van der Waals surface area (Å²) in [4.78, 5) is 4.79. The normalized spacial score (nSPS) is 21.8. The third kappa shape index (κ3) is 3.37. The van der Waals surface area contributed by atoms with Crippen molar-refractivity contribution in [2.24, 2.45) is 17.5 Å². The number of aryl methyl sites for hydroxylation is 1. The number of nitrogens with one attached hydrogen (secondary N) is 1. The van der Waals surface area contributed by atoms with Gasteiger partial charge in [0.15, 0.2) is 5.17 Å². The van der Waals surface area contributed by atoms with Crippen molar-refractivity contribution in [1.29, 1.82) is 0 Å². The number of amidine groups is 1. The fourth-order valence-electron chi connectivity index (χ4n) is 3.18. The standard InChI is InChI=1S/C15H24N4S/c1-19-10-13(9-18-19)5-8-16-14-17-11-15(12-20-14)6-3-2-4-7-15/h9-10H,2-8,11-12H2,1H3,(H,16,17). The lowest BCUT2D eigenvalue weighted by molar-refractivity contribution is 0.232. The molecule has 0 bridgehead atoms. The van der Waals surface area contributed by atoms with Gasteiger partial charge in [0.1, 0.15) is 0 Å². The van der Waals surface area contributed by atoms with Crippen LogP contribution < -0.4 is 5.32 Å². The second kappa shape index (κ2) is 6.20. The molecule has 1 spiro atoms. The summed E-state index contributed by atoms with van der Waals surface area (Å²) in [5, 5.41) is 8.81. The summed E-state index contributed by atoms with van der Waals surface area (Å²) in [6, 6.07) is 0. The Labute approximate surface area is 125 Å². The van der Waals surface area contributed by atoms with E-state index in [1.165, 1.54) is 43.4 Å². The second-order valence-corrected chi connectivity index (χ2v) is 7.13. The van der Waals surface area contributed by atoms with Gasteiger partial charge in [0.25, 0.3) is 0 Å². The lowest BCUT2D eigenvalue weighted by atomic mass is 9.75. The number of thioether (sulfide) groups is 1. The molecule has 1 aromatic rings. The van der Waals surface area contributed by atoms with Crippen molar-refractivity contribution in [2.75, 3.05) is 18.8 Å². The van der Waals surface area contributed by atoms with Crippen LogP contribution in [0.3, 0.4) is 0 Å². The smallest absolute Gasteiger partial charge is 0.156 e. The molecule has 1 aromatic heterocycles. The largest absolute Gasteiger partial charge is 0.365 e. The lowest BCUT2D eigenvalue weighted by Gasteiger charge is -2.38. The van der Waals surface area contributed by atoms with Gasteiger partial charge in [-0.15, -0.1) is 0 Å². The Hall–Kier alpha value is -0.970. The van der Waals surface area contributed by atoms with Crippen LogP contribution in [-0.2, 0) is 13.5 Å².